The summed E-state index contributed by atoms with van der Waals surface area (Å²) in [4.78, 5) is 36.7. The predicted octanol–water partition coefficient (Wildman–Crippen LogP) is 5.59. The van der Waals surface area contributed by atoms with E-state index in [-0.39, 0.29) is 17.6 Å². The number of fused-ring (bicyclic) bond motifs is 2. The molecule has 0 atom stereocenters. The van der Waals surface area contributed by atoms with Gasteiger partial charge in [0.25, 0.3) is 5.91 Å². The third-order valence-corrected chi connectivity index (χ3v) is 8.44. The Balaban J connectivity index is 1.31. The number of carbonyl (C=O) groups excluding carboxylic acids is 2. The van der Waals surface area contributed by atoms with Crippen LogP contribution in [0, 0.1) is 6.92 Å². The Bertz CT molecular complexity index is 1220. The third-order valence-electron chi connectivity index (χ3n) is 6.38. The van der Waals surface area contributed by atoms with Crippen molar-refractivity contribution in [1.29, 1.82) is 0 Å². The number of thiophene rings is 1. The van der Waals surface area contributed by atoms with Crippen molar-refractivity contribution in [1.82, 2.24) is 9.97 Å². The molecule has 0 aliphatic heterocycles. The van der Waals surface area contributed by atoms with Crippen molar-refractivity contribution in [2.75, 3.05) is 16.4 Å². The molecule has 2 aliphatic rings. The van der Waals surface area contributed by atoms with Gasteiger partial charge in [-0.15, -0.1) is 11.3 Å². The molecule has 2 heterocycles. The average Bonchev–Trinajstić information content (AvgIpc) is 3.21. The maximum absolute atomic E-state index is 13.2. The zero-order valence-corrected chi connectivity index (χ0v) is 20.9. The number of rotatable bonds is 6. The van der Waals surface area contributed by atoms with E-state index in [1.54, 1.807) is 0 Å². The smallest absolute Gasteiger partial charge is 0.258 e. The summed E-state index contributed by atoms with van der Waals surface area (Å²) in [7, 11) is 0. The van der Waals surface area contributed by atoms with Crippen LogP contribution >= 0.6 is 23.1 Å². The maximum Gasteiger partial charge on any atom is 0.258 e. The number of aryl methyl sites for hydroxylation is 3. The number of nitrogens with one attached hydrogen (secondary N) is 2. The fraction of sp³-hybridized carbons (Fsp3) is 0.385. The Morgan fingerprint density at radius 1 is 0.941 bits per heavy atom. The van der Waals surface area contributed by atoms with E-state index >= 15 is 0 Å². The van der Waals surface area contributed by atoms with Gasteiger partial charge in [-0.1, -0.05) is 30.0 Å². The van der Waals surface area contributed by atoms with Gasteiger partial charge in [0.1, 0.15) is 5.00 Å². The number of aromatic nitrogens is 2. The molecule has 2 N–H and O–H groups in total. The molecule has 34 heavy (non-hydrogen) atoms. The van der Waals surface area contributed by atoms with Crippen molar-refractivity contribution in [2.24, 2.45) is 0 Å². The lowest BCUT2D eigenvalue weighted by Gasteiger charge is -2.17. The molecule has 1 aromatic carbocycles. The first-order valence-corrected chi connectivity index (χ1v) is 13.7. The van der Waals surface area contributed by atoms with E-state index in [2.05, 4.69) is 15.6 Å². The van der Waals surface area contributed by atoms with Crippen molar-refractivity contribution in [2.45, 2.75) is 63.4 Å². The van der Waals surface area contributed by atoms with Gasteiger partial charge in [0.15, 0.2) is 5.16 Å². The van der Waals surface area contributed by atoms with Crippen LogP contribution in [0.15, 0.2) is 35.5 Å². The molecule has 0 saturated carbocycles. The number of nitrogens with zero attached hydrogens (tertiary/aromatic N) is 2. The Kier molecular flexibility index (Phi) is 6.97. The quantitative estimate of drug-likeness (QED) is 0.346. The number of hydrogen-bond acceptors (Lipinski definition) is 6. The maximum atomic E-state index is 13.2. The van der Waals surface area contributed by atoms with Crippen LogP contribution in [-0.4, -0.2) is 27.5 Å². The Hall–Kier alpha value is -2.71. The summed E-state index contributed by atoms with van der Waals surface area (Å²) in [5.41, 5.74) is 5.88. The van der Waals surface area contributed by atoms with Gasteiger partial charge >= 0.3 is 0 Å². The summed E-state index contributed by atoms with van der Waals surface area (Å²) in [5, 5.41) is 7.32. The summed E-state index contributed by atoms with van der Waals surface area (Å²) in [6, 6.07) is 9.43. The van der Waals surface area contributed by atoms with E-state index < -0.39 is 0 Å². The minimum atomic E-state index is -0.165. The fourth-order valence-corrected chi connectivity index (χ4v) is 6.73. The van der Waals surface area contributed by atoms with E-state index in [0.29, 0.717) is 15.7 Å². The summed E-state index contributed by atoms with van der Waals surface area (Å²) >= 11 is 2.89. The first-order valence-electron chi connectivity index (χ1n) is 11.9. The second kappa shape index (κ2) is 10.3. The van der Waals surface area contributed by atoms with Gasteiger partial charge in [-0.05, 0) is 81.5 Å². The molecule has 176 valence electrons. The SMILES string of the molecule is Cc1nc(SCC(=O)Nc2sc3c(c2C(=O)Nc2ccccc2)CCCC3)nc2c1CCCC2. The molecule has 0 bridgehead atoms. The minimum Gasteiger partial charge on any atom is -0.322 e. The zero-order chi connectivity index (χ0) is 23.5. The summed E-state index contributed by atoms with van der Waals surface area (Å²) < 4.78 is 0. The van der Waals surface area contributed by atoms with Crippen molar-refractivity contribution in [3.63, 3.8) is 0 Å². The van der Waals surface area contributed by atoms with Crippen LogP contribution in [0.5, 0.6) is 0 Å². The molecular formula is C26H28N4O2S2. The van der Waals surface area contributed by atoms with Crippen LogP contribution in [0.25, 0.3) is 0 Å². The molecule has 2 amide bonds. The van der Waals surface area contributed by atoms with Gasteiger partial charge in [0.05, 0.1) is 11.3 Å². The molecule has 3 aromatic rings. The van der Waals surface area contributed by atoms with Crippen molar-refractivity contribution in [3.05, 3.63) is 63.3 Å². The average molecular weight is 493 g/mol. The van der Waals surface area contributed by atoms with Crippen LogP contribution in [-0.2, 0) is 30.5 Å². The lowest BCUT2D eigenvalue weighted by Crippen LogP contribution is -2.19. The molecule has 8 heteroatoms. The molecule has 0 spiro atoms. The van der Waals surface area contributed by atoms with Gasteiger partial charge in [-0.25, -0.2) is 9.97 Å². The normalized spacial score (nSPS) is 14.7. The largest absolute Gasteiger partial charge is 0.322 e. The molecule has 0 radical (unpaired) electrons. The Morgan fingerprint density at radius 3 is 2.50 bits per heavy atom. The van der Waals surface area contributed by atoms with Crippen LogP contribution in [0.4, 0.5) is 10.7 Å². The first-order chi connectivity index (χ1) is 16.6. The summed E-state index contributed by atoms with van der Waals surface area (Å²) in [5.74, 6) is -0.0980. The van der Waals surface area contributed by atoms with Gasteiger partial charge in [-0.2, -0.15) is 0 Å². The molecule has 0 saturated heterocycles. The van der Waals surface area contributed by atoms with Gasteiger partial charge in [0.2, 0.25) is 5.91 Å². The van der Waals surface area contributed by atoms with Gasteiger partial charge < -0.3 is 10.6 Å². The fourth-order valence-electron chi connectivity index (χ4n) is 4.72. The van der Waals surface area contributed by atoms with Crippen molar-refractivity contribution in [3.8, 4) is 0 Å². The second-order valence-electron chi connectivity index (χ2n) is 8.80. The van der Waals surface area contributed by atoms with E-state index in [0.717, 1.165) is 67.6 Å². The van der Waals surface area contributed by atoms with Crippen LogP contribution < -0.4 is 10.6 Å². The van der Waals surface area contributed by atoms with Gasteiger partial charge in [-0.3, -0.25) is 9.59 Å². The van der Waals surface area contributed by atoms with Crippen LogP contribution in [0.1, 0.15) is 63.4 Å². The zero-order valence-electron chi connectivity index (χ0n) is 19.3. The standard InChI is InChI=1S/C26H28N4O2S2/c1-16-18-11-5-7-13-20(18)29-26(27-16)33-15-22(31)30-25-23(19-12-6-8-14-21(19)34-25)24(32)28-17-9-3-2-4-10-17/h2-4,9-10H,5-8,11-15H2,1H3,(H,28,32)(H,30,31). The second-order valence-corrected chi connectivity index (χ2v) is 10.8. The highest BCUT2D eigenvalue weighted by Gasteiger charge is 2.26. The lowest BCUT2D eigenvalue weighted by molar-refractivity contribution is -0.113. The number of amides is 2. The Morgan fingerprint density at radius 2 is 1.68 bits per heavy atom. The van der Waals surface area contributed by atoms with Crippen LogP contribution in [0.2, 0.25) is 0 Å². The molecule has 0 unspecified atom stereocenters. The topological polar surface area (TPSA) is 84.0 Å². The number of hydrogen-bond donors (Lipinski definition) is 2. The van der Waals surface area contributed by atoms with Gasteiger partial charge in [0, 0.05) is 22.0 Å². The minimum absolute atomic E-state index is 0.142. The van der Waals surface area contributed by atoms with Crippen molar-refractivity contribution >= 4 is 45.6 Å². The molecule has 0 fully saturated rings. The molecule has 2 aromatic heterocycles. The number of carbonyl (C=O) groups is 2. The molecule has 5 rings (SSSR count). The number of para-hydroxylation sites is 1. The van der Waals surface area contributed by atoms with Crippen LogP contribution in [0.3, 0.4) is 0 Å². The molecule has 2 aliphatic carbocycles. The number of benzene rings is 1. The summed E-state index contributed by atoms with van der Waals surface area (Å²) in [6.07, 6.45) is 8.39. The monoisotopic (exact) mass is 492 g/mol. The molecular weight excluding hydrogens is 464 g/mol. The highest BCUT2D eigenvalue weighted by Crippen LogP contribution is 2.38. The van der Waals surface area contributed by atoms with E-state index in [9.17, 15) is 9.59 Å². The molecule has 6 nitrogen and oxygen atoms in total. The van der Waals surface area contributed by atoms with E-state index in [4.69, 9.17) is 4.98 Å². The highest BCUT2D eigenvalue weighted by atomic mass is 32.2. The summed E-state index contributed by atoms with van der Waals surface area (Å²) in [6.45, 7) is 2.03. The van der Waals surface area contributed by atoms with Crippen molar-refractivity contribution < 1.29 is 9.59 Å². The first kappa shape index (κ1) is 23.1. The Labute approximate surface area is 208 Å². The lowest BCUT2D eigenvalue weighted by atomic mass is 9.95. The number of thioether (sulfide) groups is 1. The highest BCUT2D eigenvalue weighted by molar-refractivity contribution is 7.99. The predicted molar refractivity (Wildman–Crippen MR) is 138 cm³/mol. The van der Waals surface area contributed by atoms with E-state index in [1.807, 2.05) is 37.3 Å². The number of anilines is 2. The van der Waals surface area contributed by atoms with E-state index in [1.165, 1.54) is 40.0 Å². The third kappa shape index (κ3) is 5.03.